The predicted molar refractivity (Wildman–Crippen MR) is 108 cm³/mol. The number of hydrogen-bond acceptors (Lipinski definition) is 7. The smallest absolute Gasteiger partial charge is 0.259 e. The summed E-state index contributed by atoms with van der Waals surface area (Å²) in [4.78, 5) is 12.7. The number of benzene rings is 1. The van der Waals surface area contributed by atoms with Gasteiger partial charge in [-0.15, -0.1) is 10.2 Å². The maximum Gasteiger partial charge on any atom is 0.259 e. The third-order valence-corrected chi connectivity index (χ3v) is 8.34. The van der Waals surface area contributed by atoms with Gasteiger partial charge >= 0.3 is 0 Å². The molecule has 0 radical (unpaired) electrons. The van der Waals surface area contributed by atoms with Gasteiger partial charge in [-0.2, -0.15) is 4.31 Å². The van der Waals surface area contributed by atoms with Crippen LogP contribution >= 0.6 is 34.7 Å². The molecule has 1 aliphatic heterocycles. The standard InChI is InChI=1S/C16H19ClN4O3S3/c1-2-9-25-16-20-19-15(26-16)18-14(22)12-10-11(5-6-13(12)17)27(23,24)21-7-3-4-8-21/h5-6,10H,2-4,7-9H2,1H3,(H,18,19,22). The van der Waals surface area contributed by atoms with E-state index in [-0.39, 0.29) is 15.5 Å². The molecule has 1 aromatic carbocycles. The normalized spacial score (nSPS) is 15.2. The Labute approximate surface area is 171 Å². The molecule has 1 fully saturated rings. The van der Waals surface area contributed by atoms with E-state index in [1.807, 2.05) is 0 Å². The lowest BCUT2D eigenvalue weighted by Gasteiger charge is -2.16. The van der Waals surface area contributed by atoms with Crippen molar-refractivity contribution in [3.8, 4) is 0 Å². The fourth-order valence-corrected chi connectivity index (χ4v) is 6.01. The molecule has 146 valence electrons. The lowest BCUT2D eigenvalue weighted by molar-refractivity contribution is 0.102. The van der Waals surface area contributed by atoms with E-state index < -0.39 is 15.9 Å². The lowest BCUT2D eigenvalue weighted by atomic mass is 10.2. The molecule has 7 nitrogen and oxygen atoms in total. The molecule has 3 rings (SSSR count). The summed E-state index contributed by atoms with van der Waals surface area (Å²) in [5, 5.41) is 11.1. The van der Waals surface area contributed by atoms with Crippen LogP contribution < -0.4 is 5.32 Å². The third-order valence-electron chi connectivity index (χ3n) is 3.94. The number of nitrogens with zero attached hydrogens (tertiary/aromatic N) is 3. The summed E-state index contributed by atoms with van der Waals surface area (Å²) in [6, 6.07) is 4.18. The highest BCUT2D eigenvalue weighted by Crippen LogP contribution is 2.28. The first-order chi connectivity index (χ1) is 12.9. The van der Waals surface area contributed by atoms with E-state index in [1.54, 1.807) is 11.8 Å². The Morgan fingerprint density at radius 3 is 2.78 bits per heavy atom. The lowest BCUT2D eigenvalue weighted by Crippen LogP contribution is -2.28. The Hall–Kier alpha value is -1.20. The molecule has 11 heteroatoms. The summed E-state index contributed by atoms with van der Waals surface area (Å²) in [5.41, 5.74) is 0.0925. The molecule has 1 amide bonds. The molecule has 0 bridgehead atoms. The summed E-state index contributed by atoms with van der Waals surface area (Å²) in [6.07, 6.45) is 2.70. The van der Waals surface area contributed by atoms with E-state index in [9.17, 15) is 13.2 Å². The minimum Gasteiger partial charge on any atom is -0.296 e. The zero-order valence-corrected chi connectivity index (χ0v) is 17.8. The third kappa shape index (κ3) is 4.80. The Morgan fingerprint density at radius 2 is 2.07 bits per heavy atom. The van der Waals surface area contributed by atoms with Crippen LogP contribution in [0.3, 0.4) is 0 Å². The maximum absolute atomic E-state index is 12.7. The molecule has 1 aromatic heterocycles. The highest BCUT2D eigenvalue weighted by atomic mass is 35.5. The molecule has 2 aromatic rings. The Bertz CT molecular complexity index is 927. The van der Waals surface area contributed by atoms with Crippen LogP contribution in [0.4, 0.5) is 5.13 Å². The molecular formula is C16H19ClN4O3S3. The summed E-state index contributed by atoms with van der Waals surface area (Å²) in [6.45, 7) is 3.06. The number of halogens is 1. The van der Waals surface area contributed by atoms with Crippen LogP contribution in [0.25, 0.3) is 0 Å². The Balaban J connectivity index is 1.79. The monoisotopic (exact) mass is 446 g/mol. The van der Waals surface area contributed by atoms with Crippen molar-refractivity contribution in [2.24, 2.45) is 0 Å². The van der Waals surface area contributed by atoms with Crippen LogP contribution in [-0.4, -0.2) is 47.7 Å². The van der Waals surface area contributed by atoms with Crippen LogP contribution in [0, 0.1) is 0 Å². The Kier molecular flexibility index (Phi) is 6.74. The molecule has 0 spiro atoms. The second-order valence-corrected chi connectivity index (χ2v) is 10.6. The van der Waals surface area contributed by atoms with Gasteiger partial charge in [0.1, 0.15) is 0 Å². The fourth-order valence-electron chi connectivity index (χ4n) is 2.59. The van der Waals surface area contributed by atoms with Crippen LogP contribution in [0.1, 0.15) is 36.5 Å². The number of carbonyl (C=O) groups excluding carboxylic acids is 1. The predicted octanol–water partition coefficient (Wildman–Crippen LogP) is 3.73. The molecule has 0 atom stereocenters. The number of nitrogens with one attached hydrogen (secondary N) is 1. The molecule has 1 saturated heterocycles. The first-order valence-electron chi connectivity index (χ1n) is 8.49. The van der Waals surface area contributed by atoms with Gasteiger partial charge in [-0.25, -0.2) is 8.42 Å². The summed E-state index contributed by atoms with van der Waals surface area (Å²) < 4.78 is 27.6. The molecule has 1 N–H and O–H groups in total. The molecular weight excluding hydrogens is 428 g/mol. The summed E-state index contributed by atoms with van der Waals surface area (Å²) in [7, 11) is -3.62. The number of aromatic nitrogens is 2. The van der Waals surface area contributed by atoms with Gasteiger partial charge in [0, 0.05) is 18.8 Å². The quantitative estimate of drug-likeness (QED) is 0.514. The number of amides is 1. The van der Waals surface area contributed by atoms with Crippen molar-refractivity contribution >= 4 is 55.8 Å². The van der Waals surface area contributed by atoms with Crippen molar-refractivity contribution in [1.82, 2.24) is 14.5 Å². The number of hydrogen-bond donors (Lipinski definition) is 1. The molecule has 1 aliphatic rings. The number of anilines is 1. The van der Waals surface area contributed by atoms with Gasteiger partial charge in [0.2, 0.25) is 15.2 Å². The summed E-state index contributed by atoms with van der Waals surface area (Å²) >= 11 is 8.98. The fraction of sp³-hybridized carbons (Fsp3) is 0.438. The van der Waals surface area contributed by atoms with Crippen LogP contribution in [0.15, 0.2) is 27.4 Å². The van der Waals surface area contributed by atoms with Crippen LogP contribution in [-0.2, 0) is 10.0 Å². The van der Waals surface area contributed by atoms with Crippen LogP contribution in [0.2, 0.25) is 5.02 Å². The maximum atomic E-state index is 12.7. The van der Waals surface area contributed by atoms with E-state index >= 15 is 0 Å². The summed E-state index contributed by atoms with van der Waals surface area (Å²) in [5.74, 6) is 0.409. The van der Waals surface area contributed by atoms with Gasteiger partial charge in [0.25, 0.3) is 5.91 Å². The van der Waals surface area contributed by atoms with Crippen molar-refractivity contribution in [3.05, 3.63) is 28.8 Å². The van der Waals surface area contributed by atoms with Crippen molar-refractivity contribution in [2.45, 2.75) is 35.4 Å². The number of rotatable bonds is 7. The molecule has 2 heterocycles. The van der Waals surface area contributed by atoms with Crippen LogP contribution in [0.5, 0.6) is 0 Å². The SMILES string of the molecule is CCCSc1nnc(NC(=O)c2cc(S(=O)(=O)N3CCCC3)ccc2Cl)s1. The first kappa shape index (κ1) is 20.5. The molecule has 0 saturated carbocycles. The zero-order chi connectivity index (χ0) is 19.4. The van der Waals surface area contributed by atoms with E-state index in [4.69, 9.17) is 11.6 Å². The van der Waals surface area contributed by atoms with Gasteiger partial charge in [-0.05, 0) is 37.5 Å². The van der Waals surface area contributed by atoms with E-state index in [1.165, 1.54) is 33.8 Å². The molecule has 0 aliphatic carbocycles. The number of sulfonamides is 1. The first-order valence-corrected chi connectivity index (χ1v) is 12.1. The average Bonchev–Trinajstić information content (AvgIpc) is 3.32. The van der Waals surface area contributed by atoms with Gasteiger partial charge in [-0.3, -0.25) is 10.1 Å². The van der Waals surface area contributed by atoms with Gasteiger partial charge in [0.15, 0.2) is 4.34 Å². The average molecular weight is 447 g/mol. The second kappa shape index (κ2) is 8.87. The second-order valence-electron chi connectivity index (χ2n) is 5.93. The van der Waals surface area contributed by atoms with Gasteiger partial charge in [-0.1, -0.05) is 41.6 Å². The molecule has 27 heavy (non-hydrogen) atoms. The van der Waals surface area contributed by atoms with E-state index in [0.29, 0.717) is 18.2 Å². The van der Waals surface area contributed by atoms with Gasteiger partial charge in [0.05, 0.1) is 15.5 Å². The zero-order valence-electron chi connectivity index (χ0n) is 14.6. The van der Waals surface area contributed by atoms with E-state index in [2.05, 4.69) is 22.4 Å². The highest BCUT2D eigenvalue weighted by Gasteiger charge is 2.28. The van der Waals surface area contributed by atoms with Crippen molar-refractivity contribution < 1.29 is 13.2 Å². The minimum atomic E-state index is -3.62. The Morgan fingerprint density at radius 1 is 1.33 bits per heavy atom. The van der Waals surface area contributed by atoms with Crippen molar-refractivity contribution in [2.75, 3.05) is 24.2 Å². The number of thioether (sulfide) groups is 1. The highest BCUT2D eigenvalue weighted by molar-refractivity contribution is 8.01. The molecule has 0 unspecified atom stereocenters. The van der Waals surface area contributed by atoms with Gasteiger partial charge < -0.3 is 0 Å². The topological polar surface area (TPSA) is 92.3 Å². The number of carbonyl (C=O) groups is 1. The largest absolute Gasteiger partial charge is 0.296 e. The van der Waals surface area contributed by atoms with Crippen molar-refractivity contribution in [3.63, 3.8) is 0 Å². The van der Waals surface area contributed by atoms with E-state index in [0.717, 1.165) is 29.4 Å². The van der Waals surface area contributed by atoms with Crippen molar-refractivity contribution in [1.29, 1.82) is 0 Å². The minimum absolute atomic E-state index is 0.0652.